The highest BCUT2D eigenvalue weighted by molar-refractivity contribution is 5.91. The van der Waals surface area contributed by atoms with E-state index in [-0.39, 0.29) is 24.2 Å². The molecule has 2 bridgehead atoms. The SMILES string of the molecule is C[C@H](Nc1cc(-c2nc(N3CC4CC3CN4C(=O)OC(C)(C)C)c3ccccc3n2)ccn1)c1ccccc1. The predicted molar refractivity (Wildman–Crippen MR) is 154 cm³/mol. The first-order chi connectivity index (χ1) is 18.7. The maximum absolute atomic E-state index is 12.8. The molecule has 3 atom stereocenters. The average Bonchev–Trinajstić information content (AvgIpc) is 3.54. The first-order valence-electron chi connectivity index (χ1n) is 13.6. The number of hydrogen-bond donors (Lipinski definition) is 1. The van der Waals surface area contributed by atoms with Crippen LogP contribution in [0.5, 0.6) is 0 Å². The van der Waals surface area contributed by atoms with Crippen molar-refractivity contribution in [2.24, 2.45) is 0 Å². The van der Waals surface area contributed by atoms with Crippen molar-refractivity contribution in [1.82, 2.24) is 19.9 Å². The molecule has 2 saturated heterocycles. The third-order valence-electron chi connectivity index (χ3n) is 7.41. The number of anilines is 2. The van der Waals surface area contributed by atoms with Crippen molar-refractivity contribution in [2.45, 2.75) is 57.8 Å². The molecule has 200 valence electrons. The highest BCUT2D eigenvalue weighted by atomic mass is 16.6. The lowest BCUT2D eigenvalue weighted by molar-refractivity contribution is 0.0214. The second-order valence-corrected chi connectivity index (χ2v) is 11.4. The molecule has 0 spiro atoms. The number of benzene rings is 2. The van der Waals surface area contributed by atoms with Crippen LogP contribution in [0.25, 0.3) is 22.3 Å². The zero-order chi connectivity index (χ0) is 27.1. The van der Waals surface area contributed by atoms with E-state index in [4.69, 9.17) is 14.7 Å². The minimum absolute atomic E-state index is 0.107. The number of nitrogens with one attached hydrogen (secondary N) is 1. The molecule has 4 aromatic rings. The fourth-order valence-electron chi connectivity index (χ4n) is 5.57. The molecule has 0 radical (unpaired) electrons. The van der Waals surface area contributed by atoms with E-state index in [2.05, 4.69) is 40.3 Å². The van der Waals surface area contributed by atoms with Crippen molar-refractivity contribution in [3.8, 4) is 11.4 Å². The van der Waals surface area contributed by atoms with Crippen molar-refractivity contribution in [1.29, 1.82) is 0 Å². The Labute approximate surface area is 229 Å². The minimum Gasteiger partial charge on any atom is -0.444 e. The number of carbonyl (C=O) groups is 1. The molecule has 39 heavy (non-hydrogen) atoms. The Morgan fingerprint density at radius 1 is 1.00 bits per heavy atom. The molecule has 1 N–H and O–H groups in total. The van der Waals surface area contributed by atoms with Crippen molar-refractivity contribution in [3.63, 3.8) is 0 Å². The van der Waals surface area contributed by atoms with Gasteiger partial charge in [-0.3, -0.25) is 0 Å². The van der Waals surface area contributed by atoms with E-state index in [0.29, 0.717) is 12.4 Å². The van der Waals surface area contributed by atoms with Crippen LogP contribution >= 0.6 is 0 Å². The van der Waals surface area contributed by atoms with Gasteiger partial charge in [0.15, 0.2) is 5.82 Å². The third kappa shape index (κ3) is 5.11. The second-order valence-electron chi connectivity index (χ2n) is 11.4. The van der Waals surface area contributed by atoms with Gasteiger partial charge < -0.3 is 19.9 Å². The Morgan fingerprint density at radius 2 is 1.77 bits per heavy atom. The summed E-state index contributed by atoms with van der Waals surface area (Å²) in [6, 6.07) is 22.8. The van der Waals surface area contributed by atoms with Gasteiger partial charge in [0.25, 0.3) is 0 Å². The Balaban J connectivity index is 1.28. The van der Waals surface area contributed by atoms with E-state index in [0.717, 1.165) is 41.1 Å². The van der Waals surface area contributed by atoms with Crippen molar-refractivity contribution < 1.29 is 9.53 Å². The van der Waals surface area contributed by atoms with Crippen LogP contribution in [-0.2, 0) is 4.74 Å². The van der Waals surface area contributed by atoms with E-state index in [1.165, 1.54) is 5.56 Å². The standard InChI is InChI=1S/C31H34N6O2/c1-20(21-10-6-5-7-11-21)33-27-16-22(14-15-32-27)28-34-26-13-9-8-12-25(26)29(35-28)36-18-24-17-23(36)19-37(24)30(38)39-31(2,3)4/h5-16,20,23-24H,17-19H2,1-4H3,(H,32,33)/t20-,23?,24?/m0/s1. The molecule has 2 fully saturated rings. The first-order valence-corrected chi connectivity index (χ1v) is 13.6. The minimum atomic E-state index is -0.506. The molecule has 2 aromatic carbocycles. The van der Waals surface area contributed by atoms with Crippen molar-refractivity contribution >= 4 is 28.6 Å². The summed E-state index contributed by atoms with van der Waals surface area (Å²) in [5.74, 6) is 2.35. The number of para-hydroxylation sites is 1. The quantitative estimate of drug-likeness (QED) is 0.341. The van der Waals surface area contributed by atoms with Gasteiger partial charge in [-0.25, -0.2) is 19.7 Å². The lowest BCUT2D eigenvalue weighted by Crippen LogP contribution is -2.50. The normalized spacial score (nSPS) is 19.4. The Hall–Kier alpha value is -4.20. The smallest absolute Gasteiger partial charge is 0.410 e. The fourth-order valence-corrected chi connectivity index (χ4v) is 5.57. The largest absolute Gasteiger partial charge is 0.444 e. The number of carbonyl (C=O) groups excluding carboxylic acids is 1. The summed E-state index contributed by atoms with van der Waals surface area (Å²) in [5.41, 5.74) is 2.49. The Morgan fingerprint density at radius 3 is 2.51 bits per heavy atom. The molecule has 2 aliphatic rings. The molecule has 2 aliphatic heterocycles. The zero-order valence-electron chi connectivity index (χ0n) is 22.8. The number of likely N-dealkylation sites (tertiary alicyclic amines) is 1. The molecular formula is C31H34N6O2. The van der Waals surface area contributed by atoms with E-state index in [1.54, 1.807) is 6.20 Å². The number of nitrogens with zero attached hydrogens (tertiary/aromatic N) is 5. The van der Waals surface area contributed by atoms with Crippen LogP contribution in [0.2, 0.25) is 0 Å². The van der Waals surface area contributed by atoms with E-state index >= 15 is 0 Å². The molecule has 2 aromatic heterocycles. The molecule has 6 rings (SSSR count). The fraction of sp³-hybridized carbons (Fsp3) is 0.355. The zero-order valence-corrected chi connectivity index (χ0v) is 22.8. The summed E-state index contributed by atoms with van der Waals surface area (Å²) in [7, 11) is 0. The number of piperazine rings is 1. The first kappa shape index (κ1) is 25.1. The number of fused-ring (bicyclic) bond motifs is 3. The van der Waals surface area contributed by atoms with Gasteiger partial charge in [-0.2, -0.15) is 0 Å². The van der Waals surface area contributed by atoms with E-state index < -0.39 is 5.60 Å². The lowest BCUT2D eigenvalue weighted by atomic mass is 10.1. The van der Waals surface area contributed by atoms with Gasteiger partial charge in [-0.1, -0.05) is 42.5 Å². The summed E-state index contributed by atoms with van der Waals surface area (Å²) < 4.78 is 5.66. The van der Waals surface area contributed by atoms with Gasteiger partial charge in [-0.05, 0) is 63.9 Å². The van der Waals surface area contributed by atoms with Crippen molar-refractivity contribution in [3.05, 3.63) is 78.5 Å². The maximum Gasteiger partial charge on any atom is 0.410 e. The summed E-state index contributed by atoms with van der Waals surface area (Å²) in [4.78, 5) is 31.6. The van der Waals surface area contributed by atoms with Crippen LogP contribution in [0, 0.1) is 0 Å². The van der Waals surface area contributed by atoms with Gasteiger partial charge in [-0.15, -0.1) is 0 Å². The monoisotopic (exact) mass is 522 g/mol. The second kappa shape index (κ2) is 9.84. The highest BCUT2D eigenvalue weighted by Crippen LogP contribution is 2.38. The van der Waals surface area contributed by atoms with E-state index in [1.807, 2.05) is 74.2 Å². The third-order valence-corrected chi connectivity index (χ3v) is 7.41. The highest BCUT2D eigenvalue weighted by Gasteiger charge is 2.47. The summed E-state index contributed by atoms with van der Waals surface area (Å²) in [6.07, 6.45) is 2.47. The number of hydrogen-bond acceptors (Lipinski definition) is 7. The van der Waals surface area contributed by atoms with Crippen LogP contribution in [0.1, 0.15) is 45.7 Å². The summed E-state index contributed by atoms with van der Waals surface area (Å²) in [6.45, 7) is 9.20. The molecule has 2 unspecified atom stereocenters. The van der Waals surface area contributed by atoms with Crippen LogP contribution in [0.3, 0.4) is 0 Å². The predicted octanol–water partition coefficient (Wildman–Crippen LogP) is 6.06. The topological polar surface area (TPSA) is 83.5 Å². The lowest BCUT2D eigenvalue weighted by Gasteiger charge is -2.36. The maximum atomic E-state index is 12.8. The van der Waals surface area contributed by atoms with Crippen LogP contribution in [0.15, 0.2) is 72.9 Å². The van der Waals surface area contributed by atoms with Crippen LogP contribution in [0.4, 0.5) is 16.4 Å². The van der Waals surface area contributed by atoms with Gasteiger partial charge in [0.1, 0.15) is 17.2 Å². The number of amides is 1. The van der Waals surface area contributed by atoms with Crippen LogP contribution in [-0.4, -0.2) is 56.7 Å². The van der Waals surface area contributed by atoms with Gasteiger partial charge >= 0.3 is 6.09 Å². The number of rotatable bonds is 5. The van der Waals surface area contributed by atoms with Gasteiger partial charge in [0.2, 0.25) is 0 Å². The van der Waals surface area contributed by atoms with Gasteiger partial charge in [0.05, 0.1) is 17.6 Å². The average molecular weight is 523 g/mol. The molecule has 8 nitrogen and oxygen atoms in total. The number of ether oxygens (including phenoxy) is 1. The van der Waals surface area contributed by atoms with Gasteiger partial charge in [0, 0.05) is 36.3 Å². The molecule has 4 heterocycles. The summed E-state index contributed by atoms with van der Waals surface area (Å²) in [5, 5.41) is 4.52. The Kier molecular flexibility index (Phi) is 6.33. The molecule has 8 heteroatoms. The van der Waals surface area contributed by atoms with E-state index in [9.17, 15) is 4.79 Å². The van der Waals surface area contributed by atoms with Crippen molar-refractivity contribution in [2.75, 3.05) is 23.3 Å². The number of aromatic nitrogens is 3. The molecular weight excluding hydrogens is 488 g/mol. The molecule has 0 aliphatic carbocycles. The molecule has 1 amide bonds. The Bertz CT molecular complexity index is 1500. The van der Waals surface area contributed by atoms with Crippen LogP contribution < -0.4 is 10.2 Å². The number of pyridine rings is 1. The molecule has 0 saturated carbocycles. The summed E-state index contributed by atoms with van der Waals surface area (Å²) >= 11 is 0.